The highest BCUT2D eigenvalue weighted by atomic mass is 19.2. The second-order valence-corrected chi connectivity index (χ2v) is 3.91. The fraction of sp³-hybridized carbons (Fsp3) is 0.143. The van der Waals surface area contributed by atoms with Gasteiger partial charge in [-0.05, 0) is 13.1 Å². The van der Waals surface area contributed by atoms with Crippen molar-refractivity contribution >= 4 is 0 Å². The van der Waals surface area contributed by atoms with Crippen molar-refractivity contribution in [2.45, 2.75) is 0 Å². The van der Waals surface area contributed by atoms with E-state index in [2.05, 4.69) is 5.32 Å². The zero-order valence-electron chi connectivity index (χ0n) is 11.2. The molecule has 0 aromatic heterocycles. The summed E-state index contributed by atoms with van der Waals surface area (Å²) in [7, 11) is 1.56. The maximum Gasteiger partial charge on any atom is 0.200 e. The van der Waals surface area contributed by atoms with E-state index < -0.39 is 52.8 Å². The molecule has 22 heavy (non-hydrogen) atoms. The molecule has 0 aliphatic carbocycles. The van der Waals surface area contributed by atoms with Crippen LogP contribution in [0.5, 0.6) is 0 Å². The van der Waals surface area contributed by atoms with Gasteiger partial charge < -0.3 is 0 Å². The highest BCUT2D eigenvalue weighted by Crippen LogP contribution is 2.32. The van der Waals surface area contributed by atoms with E-state index in [-0.39, 0.29) is 0 Å². The molecule has 0 saturated carbocycles. The zero-order valence-corrected chi connectivity index (χ0v) is 11.2. The summed E-state index contributed by atoms with van der Waals surface area (Å²) in [4.78, 5) is 0. The molecule has 2 rings (SSSR count). The summed E-state index contributed by atoms with van der Waals surface area (Å²) in [6, 6.07) is 4.22. The van der Waals surface area contributed by atoms with Gasteiger partial charge in [0, 0.05) is 5.56 Å². The van der Waals surface area contributed by atoms with Crippen LogP contribution in [0.25, 0.3) is 11.1 Å². The number of hydrogen-bond donors (Lipinski definition) is 1. The monoisotopic (exact) mass is 325 g/mol. The summed E-state index contributed by atoms with van der Waals surface area (Å²) in [5.41, 5.74) is -1.96. The van der Waals surface area contributed by atoms with Crippen molar-refractivity contribution in [1.29, 1.82) is 0 Å². The molecule has 1 nitrogen and oxygen atoms in total. The maximum absolute atomic E-state index is 13.4. The Bertz CT molecular complexity index is 627. The topological polar surface area (TPSA) is 12.0 Å². The Balaban J connectivity index is 0.000000541. The minimum Gasteiger partial charge on any atom is -0.293 e. The first-order chi connectivity index (χ1) is 10.4. The third-order valence-electron chi connectivity index (χ3n) is 2.49. The van der Waals surface area contributed by atoms with Gasteiger partial charge in [0.1, 0.15) is 12.6 Å². The standard InChI is InChI=1S/C12H4F6.C2H6FN/c13-6-4-2-1-3-5(6)7-8(14)10(16)12(18)11(17)9(7)15;1-4-2-3/h1-4H;4H,2H2,1H3. The predicted molar refractivity (Wildman–Crippen MR) is 66.7 cm³/mol. The first kappa shape index (κ1) is 18.0. The number of alkyl halides is 1. The largest absolute Gasteiger partial charge is 0.293 e. The summed E-state index contributed by atoms with van der Waals surface area (Å²) < 4.78 is 89.4. The lowest BCUT2D eigenvalue weighted by molar-refractivity contribution is 0.381. The Labute approximate surface area is 121 Å². The summed E-state index contributed by atoms with van der Waals surface area (Å²) in [6.07, 6.45) is 0. The molecule has 0 amide bonds. The predicted octanol–water partition coefficient (Wildman–Crippen LogP) is 4.32. The molecule has 1 N–H and O–H groups in total. The lowest BCUT2D eigenvalue weighted by Gasteiger charge is -2.08. The summed E-state index contributed by atoms with van der Waals surface area (Å²) in [5.74, 6) is -11.7. The average molecular weight is 325 g/mol. The highest BCUT2D eigenvalue weighted by molar-refractivity contribution is 5.65. The van der Waals surface area contributed by atoms with Crippen LogP contribution >= 0.6 is 0 Å². The molecule has 0 aliphatic rings. The number of benzene rings is 2. The number of hydrogen-bond acceptors (Lipinski definition) is 1. The van der Waals surface area contributed by atoms with Crippen molar-refractivity contribution in [1.82, 2.24) is 5.32 Å². The molecule has 8 heteroatoms. The van der Waals surface area contributed by atoms with Gasteiger partial charge in [0.15, 0.2) is 23.3 Å². The van der Waals surface area contributed by atoms with Crippen LogP contribution in [0, 0.1) is 34.9 Å². The minimum absolute atomic E-state index is 0.431. The molecule has 0 fully saturated rings. The minimum atomic E-state index is -2.27. The first-order valence-corrected chi connectivity index (χ1v) is 5.83. The van der Waals surface area contributed by atoms with Crippen LogP contribution in [0.2, 0.25) is 0 Å². The fourth-order valence-corrected chi connectivity index (χ4v) is 1.51. The van der Waals surface area contributed by atoms with Crippen LogP contribution in [0.3, 0.4) is 0 Å². The average Bonchev–Trinajstić information content (AvgIpc) is 2.53. The summed E-state index contributed by atoms with van der Waals surface area (Å²) in [6.45, 7) is -0.431. The molecule has 0 radical (unpaired) electrons. The van der Waals surface area contributed by atoms with Gasteiger partial charge in [-0.15, -0.1) is 0 Å². The van der Waals surface area contributed by atoms with Crippen molar-refractivity contribution < 1.29 is 30.7 Å². The number of nitrogens with one attached hydrogen (secondary N) is 1. The van der Waals surface area contributed by atoms with E-state index in [1.807, 2.05) is 0 Å². The second-order valence-electron chi connectivity index (χ2n) is 3.91. The number of rotatable bonds is 2. The molecular weight excluding hydrogens is 315 g/mol. The van der Waals surface area contributed by atoms with Gasteiger partial charge in [-0.3, -0.25) is 5.32 Å². The van der Waals surface area contributed by atoms with Crippen LogP contribution < -0.4 is 5.32 Å². The van der Waals surface area contributed by atoms with E-state index in [9.17, 15) is 30.7 Å². The normalized spacial score (nSPS) is 10.2. The van der Waals surface area contributed by atoms with Crippen molar-refractivity contribution in [2.24, 2.45) is 0 Å². The molecule has 0 saturated heterocycles. The van der Waals surface area contributed by atoms with Gasteiger partial charge in [-0.25, -0.2) is 30.7 Å². The van der Waals surface area contributed by atoms with E-state index in [0.717, 1.165) is 12.1 Å². The lowest BCUT2D eigenvalue weighted by atomic mass is 10.0. The molecule has 0 spiro atoms. The van der Waals surface area contributed by atoms with Crippen molar-refractivity contribution in [3.63, 3.8) is 0 Å². The van der Waals surface area contributed by atoms with Gasteiger partial charge in [0.2, 0.25) is 5.82 Å². The van der Waals surface area contributed by atoms with Gasteiger partial charge in [0.25, 0.3) is 0 Å². The van der Waals surface area contributed by atoms with Crippen LogP contribution in [0.1, 0.15) is 0 Å². The van der Waals surface area contributed by atoms with Gasteiger partial charge in [-0.2, -0.15) is 0 Å². The smallest absolute Gasteiger partial charge is 0.200 e. The Morgan fingerprint density at radius 2 is 1.18 bits per heavy atom. The van der Waals surface area contributed by atoms with E-state index in [1.165, 1.54) is 12.1 Å². The van der Waals surface area contributed by atoms with Crippen molar-refractivity contribution in [2.75, 3.05) is 13.8 Å². The quantitative estimate of drug-likeness (QED) is 0.375. The van der Waals surface area contributed by atoms with Crippen LogP contribution in [-0.2, 0) is 0 Å². The molecule has 120 valence electrons. The Hall–Kier alpha value is -2.09. The van der Waals surface area contributed by atoms with E-state index in [0.29, 0.717) is 0 Å². The summed E-state index contributed by atoms with van der Waals surface area (Å²) in [5, 5.41) is 2.26. The lowest BCUT2D eigenvalue weighted by Crippen LogP contribution is -2.04. The van der Waals surface area contributed by atoms with Gasteiger partial charge >= 0.3 is 0 Å². The Kier molecular flexibility index (Phi) is 6.36. The van der Waals surface area contributed by atoms with Crippen LogP contribution in [0.15, 0.2) is 24.3 Å². The molecule has 0 heterocycles. The van der Waals surface area contributed by atoms with E-state index >= 15 is 0 Å². The molecular formula is C14H10F7N. The molecule has 2 aromatic carbocycles. The molecule has 0 aliphatic heterocycles. The van der Waals surface area contributed by atoms with Crippen LogP contribution in [0.4, 0.5) is 30.7 Å². The fourth-order valence-electron chi connectivity index (χ4n) is 1.51. The van der Waals surface area contributed by atoms with Crippen LogP contribution in [-0.4, -0.2) is 13.8 Å². The molecule has 0 bridgehead atoms. The number of halogens is 7. The van der Waals surface area contributed by atoms with E-state index in [1.54, 1.807) is 7.05 Å². The SMILES string of the molecule is CNCF.Fc1ccccc1-c1c(F)c(F)c(F)c(F)c1F. The molecule has 0 atom stereocenters. The van der Waals surface area contributed by atoms with Crippen molar-refractivity contribution in [3.05, 3.63) is 59.2 Å². The summed E-state index contributed by atoms with van der Waals surface area (Å²) >= 11 is 0. The third kappa shape index (κ3) is 3.56. The Morgan fingerprint density at radius 3 is 1.59 bits per heavy atom. The molecule has 0 unspecified atom stereocenters. The highest BCUT2D eigenvalue weighted by Gasteiger charge is 2.27. The van der Waals surface area contributed by atoms with E-state index in [4.69, 9.17) is 0 Å². The maximum atomic E-state index is 13.4. The van der Waals surface area contributed by atoms with Gasteiger partial charge in [0.05, 0.1) is 5.56 Å². The van der Waals surface area contributed by atoms with Crippen molar-refractivity contribution in [3.8, 4) is 11.1 Å². The van der Waals surface area contributed by atoms with Gasteiger partial charge in [-0.1, -0.05) is 18.2 Å². The molecule has 2 aromatic rings. The Morgan fingerprint density at radius 1 is 0.773 bits per heavy atom. The third-order valence-corrected chi connectivity index (χ3v) is 2.49. The zero-order chi connectivity index (χ0) is 16.9. The second kappa shape index (κ2) is 7.79. The first-order valence-electron chi connectivity index (χ1n) is 5.83.